The van der Waals surface area contributed by atoms with Gasteiger partial charge in [0, 0.05) is 25.0 Å². The van der Waals surface area contributed by atoms with E-state index in [-0.39, 0.29) is 5.82 Å². The van der Waals surface area contributed by atoms with Gasteiger partial charge >= 0.3 is 0 Å². The summed E-state index contributed by atoms with van der Waals surface area (Å²) < 4.78 is 24.0. The van der Waals surface area contributed by atoms with E-state index in [0.29, 0.717) is 43.4 Å². The van der Waals surface area contributed by atoms with Crippen LogP contribution in [-0.2, 0) is 4.74 Å². The van der Waals surface area contributed by atoms with E-state index in [1.807, 2.05) is 6.92 Å². The average Bonchev–Trinajstić information content (AvgIpc) is 2.41. The molecule has 0 atom stereocenters. The molecule has 1 aromatic rings. The van der Waals surface area contributed by atoms with Crippen molar-refractivity contribution in [2.24, 2.45) is 0 Å². The summed E-state index contributed by atoms with van der Waals surface area (Å²) in [6.07, 6.45) is 1.56. The SMILES string of the molecule is CCCOCCOc1cc(F)ccc1C#CCCCl. The van der Waals surface area contributed by atoms with Crippen LogP contribution in [0.5, 0.6) is 5.75 Å². The number of alkyl halides is 1. The largest absolute Gasteiger partial charge is 0.490 e. The van der Waals surface area contributed by atoms with E-state index in [9.17, 15) is 4.39 Å². The lowest BCUT2D eigenvalue weighted by Crippen LogP contribution is -2.08. The van der Waals surface area contributed by atoms with Crippen molar-refractivity contribution < 1.29 is 13.9 Å². The Morgan fingerprint density at radius 3 is 2.84 bits per heavy atom. The Bertz CT molecular complexity index is 438. The van der Waals surface area contributed by atoms with Crippen molar-refractivity contribution in [1.29, 1.82) is 0 Å². The summed E-state index contributed by atoms with van der Waals surface area (Å²) in [5, 5.41) is 0. The monoisotopic (exact) mass is 284 g/mol. The van der Waals surface area contributed by atoms with Gasteiger partial charge in [0.1, 0.15) is 18.2 Å². The maximum atomic E-state index is 13.2. The smallest absolute Gasteiger partial charge is 0.137 e. The van der Waals surface area contributed by atoms with E-state index >= 15 is 0 Å². The average molecular weight is 285 g/mol. The fourth-order valence-electron chi connectivity index (χ4n) is 1.38. The summed E-state index contributed by atoms with van der Waals surface area (Å²) in [6.45, 7) is 3.61. The Hall–Kier alpha value is -1.24. The third kappa shape index (κ3) is 6.47. The lowest BCUT2D eigenvalue weighted by Gasteiger charge is -2.08. The van der Waals surface area contributed by atoms with Crippen LogP contribution in [0.15, 0.2) is 18.2 Å². The highest BCUT2D eigenvalue weighted by atomic mass is 35.5. The summed E-state index contributed by atoms with van der Waals surface area (Å²) in [5.74, 6) is 6.42. The Morgan fingerprint density at radius 2 is 2.11 bits per heavy atom. The lowest BCUT2D eigenvalue weighted by molar-refractivity contribution is 0.100. The third-order valence-electron chi connectivity index (χ3n) is 2.22. The van der Waals surface area contributed by atoms with Gasteiger partial charge in [-0.1, -0.05) is 18.8 Å². The number of rotatable bonds is 7. The third-order valence-corrected chi connectivity index (χ3v) is 2.41. The number of hydrogen-bond acceptors (Lipinski definition) is 2. The van der Waals surface area contributed by atoms with Gasteiger partial charge < -0.3 is 9.47 Å². The van der Waals surface area contributed by atoms with Crippen LogP contribution in [0.4, 0.5) is 4.39 Å². The molecule has 0 amide bonds. The van der Waals surface area contributed by atoms with Gasteiger partial charge in [-0.3, -0.25) is 0 Å². The van der Waals surface area contributed by atoms with Gasteiger partial charge in [-0.25, -0.2) is 4.39 Å². The van der Waals surface area contributed by atoms with Crippen LogP contribution in [-0.4, -0.2) is 25.7 Å². The summed E-state index contributed by atoms with van der Waals surface area (Å²) >= 11 is 5.55. The van der Waals surface area contributed by atoms with Crippen LogP contribution in [0.1, 0.15) is 25.3 Å². The first kappa shape index (κ1) is 15.8. The van der Waals surface area contributed by atoms with Gasteiger partial charge in [0.05, 0.1) is 12.2 Å². The second kappa shape index (κ2) is 9.66. The molecule has 0 aliphatic carbocycles. The number of halogens is 2. The van der Waals surface area contributed by atoms with Crippen LogP contribution in [0.2, 0.25) is 0 Å². The first-order valence-corrected chi connectivity index (χ1v) is 6.86. The van der Waals surface area contributed by atoms with Gasteiger partial charge in [0.25, 0.3) is 0 Å². The van der Waals surface area contributed by atoms with Crippen molar-refractivity contribution >= 4 is 11.6 Å². The summed E-state index contributed by atoms with van der Waals surface area (Å²) in [5.41, 5.74) is 0.669. The summed E-state index contributed by atoms with van der Waals surface area (Å²) in [6, 6.07) is 4.31. The van der Waals surface area contributed by atoms with Crippen molar-refractivity contribution in [3.63, 3.8) is 0 Å². The quantitative estimate of drug-likeness (QED) is 0.433. The Kier molecular flexibility index (Phi) is 8.04. The summed E-state index contributed by atoms with van der Waals surface area (Å²) in [4.78, 5) is 0. The van der Waals surface area contributed by atoms with Crippen molar-refractivity contribution in [3.8, 4) is 17.6 Å². The predicted octanol–water partition coefficient (Wildman–Crippen LogP) is 3.61. The van der Waals surface area contributed by atoms with Crippen LogP contribution < -0.4 is 4.74 Å². The maximum Gasteiger partial charge on any atom is 0.137 e. The molecule has 0 saturated heterocycles. The van der Waals surface area contributed by atoms with Gasteiger partial charge in [-0.15, -0.1) is 11.6 Å². The highest BCUT2D eigenvalue weighted by molar-refractivity contribution is 6.18. The van der Waals surface area contributed by atoms with E-state index in [4.69, 9.17) is 21.1 Å². The lowest BCUT2D eigenvalue weighted by atomic mass is 10.2. The zero-order chi connectivity index (χ0) is 13.9. The number of benzene rings is 1. The molecular weight excluding hydrogens is 267 g/mol. The topological polar surface area (TPSA) is 18.5 Å². The van der Waals surface area contributed by atoms with Crippen LogP contribution in [0.3, 0.4) is 0 Å². The van der Waals surface area contributed by atoms with E-state index < -0.39 is 0 Å². The molecule has 0 heterocycles. The standard InChI is InChI=1S/C15H18ClFO2/c1-2-9-18-10-11-19-15-12-14(17)7-6-13(15)5-3-4-8-16/h6-7,12H,2,4,8-11H2,1H3. The molecule has 0 aromatic heterocycles. The molecule has 19 heavy (non-hydrogen) atoms. The zero-order valence-corrected chi connectivity index (χ0v) is 11.8. The molecule has 4 heteroatoms. The van der Waals surface area contributed by atoms with Gasteiger partial charge in [0.2, 0.25) is 0 Å². The van der Waals surface area contributed by atoms with E-state index in [1.165, 1.54) is 12.1 Å². The Labute approximate surface area is 118 Å². The molecule has 2 nitrogen and oxygen atoms in total. The minimum atomic E-state index is -0.340. The number of hydrogen-bond donors (Lipinski definition) is 0. The first-order chi connectivity index (χ1) is 9.27. The molecule has 104 valence electrons. The Balaban J connectivity index is 2.59. The Morgan fingerprint density at radius 1 is 1.26 bits per heavy atom. The first-order valence-electron chi connectivity index (χ1n) is 6.33. The molecule has 1 rings (SSSR count). The van der Waals surface area contributed by atoms with Crippen molar-refractivity contribution in [1.82, 2.24) is 0 Å². The van der Waals surface area contributed by atoms with Gasteiger partial charge in [-0.2, -0.15) is 0 Å². The molecule has 0 N–H and O–H groups in total. The predicted molar refractivity (Wildman–Crippen MR) is 75.2 cm³/mol. The van der Waals surface area contributed by atoms with E-state index in [1.54, 1.807) is 6.07 Å². The molecule has 0 bridgehead atoms. The van der Waals surface area contributed by atoms with Gasteiger partial charge in [-0.05, 0) is 18.6 Å². The molecule has 0 fully saturated rings. The molecule has 0 aliphatic rings. The van der Waals surface area contributed by atoms with Crippen LogP contribution in [0, 0.1) is 17.7 Å². The fraction of sp³-hybridized carbons (Fsp3) is 0.467. The minimum Gasteiger partial charge on any atom is -0.490 e. The van der Waals surface area contributed by atoms with Gasteiger partial charge in [0.15, 0.2) is 0 Å². The molecule has 0 spiro atoms. The maximum absolute atomic E-state index is 13.2. The molecule has 0 radical (unpaired) electrons. The second-order valence-corrected chi connectivity index (χ2v) is 4.22. The highest BCUT2D eigenvalue weighted by Crippen LogP contribution is 2.19. The van der Waals surface area contributed by atoms with Crippen LogP contribution >= 0.6 is 11.6 Å². The molecule has 0 aliphatic heterocycles. The molecule has 0 saturated carbocycles. The van der Waals surface area contributed by atoms with Crippen molar-refractivity contribution in [2.75, 3.05) is 25.7 Å². The van der Waals surface area contributed by atoms with Crippen molar-refractivity contribution in [3.05, 3.63) is 29.6 Å². The molecule has 0 unspecified atom stereocenters. The molecular formula is C15H18ClFO2. The number of ether oxygens (including phenoxy) is 2. The fourth-order valence-corrected chi connectivity index (χ4v) is 1.48. The molecule has 1 aromatic carbocycles. The minimum absolute atomic E-state index is 0.340. The second-order valence-electron chi connectivity index (χ2n) is 3.84. The van der Waals surface area contributed by atoms with E-state index in [0.717, 1.165) is 6.42 Å². The summed E-state index contributed by atoms with van der Waals surface area (Å²) in [7, 11) is 0. The normalized spacial score (nSPS) is 9.84. The van der Waals surface area contributed by atoms with E-state index in [2.05, 4.69) is 11.8 Å². The highest BCUT2D eigenvalue weighted by Gasteiger charge is 2.03. The van der Waals surface area contributed by atoms with Crippen molar-refractivity contribution in [2.45, 2.75) is 19.8 Å². The zero-order valence-electron chi connectivity index (χ0n) is 11.0. The van der Waals surface area contributed by atoms with Crippen LogP contribution in [0.25, 0.3) is 0 Å².